The predicted molar refractivity (Wildman–Crippen MR) is 310 cm³/mol. The van der Waals surface area contributed by atoms with E-state index in [1.165, 1.54) is 24.5 Å². The van der Waals surface area contributed by atoms with Crippen LogP contribution >= 0.6 is 23.4 Å². The van der Waals surface area contributed by atoms with Gasteiger partial charge < -0.3 is 66.4 Å². The topological polar surface area (TPSA) is 248 Å². The van der Waals surface area contributed by atoms with Crippen LogP contribution in [0.4, 0.5) is 37.9 Å². The summed E-state index contributed by atoms with van der Waals surface area (Å²) in [6.07, 6.45) is 12.2. The number of carbonyl (C=O) groups is 5. The van der Waals surface area contributed by atoms with Crippen molar-refractivity contribution in [1.29, 1.82) is 0 Å². The number of nitrogens with one attached hydrogen (secondary N) is 8. The van der Waals surface area contributed by atoms with E-state index in [0.717, 1.165) is 50.8 Å². The highest BCUT2D eigenvalue weighted by molar-refractivity contribution is 8.00. The first-order valence-electron chi connectivity index (χ1n) is 27.5. The van der Waals surface area contributed by atoms with Gasteiger partial charge in [0.25, 0.3) is 0 Å². The quantitative estimate of drug-likeness (QED) is 0.0122. The molecule has 23 heteroatoms. The molecule has 434 valence electrons. The molecule has 3 atom stereocenters. The zero-order valence-electron chi connectivity index (χ0n) is 45.5. The molecular weight excluding hydrogens is 1070 g/mol. The molecule has 2 aliphatic heterocycles. The van der Waals surface area contributed by atoms with Crippen LogP contribution in [-0.4, -0.2) is 147 Å². The number of rotatable bonds is 39. The average Bonchev–Trinajstić information content (AvgIpc) is 4.04. The van der Waals surface area contributed by atoms with Gasteiger partial charge in [0, 0.05) is 98.9 Å². The summed E-state index contributed by atoms with van der Waals surface area (Å²) in [5.41, 5.74) is 2.67. The number of anilines is 5. The maximum absolute atomic E-state index is 13.5. The number of hydrogen-bond acceptors (Lipinski definition) is 15. The van der Waals surface area contributed by atoms with Crippen molar-refractivity contribution in [2.75, 3.05) is 101 Å². The summed E-state index contributed by atoms with van der Waals surface area (Å²) >= 11 is 8.37. The van der Waals surface area contributed by atoms with E-state index in [1.54, 1.807) is 54.6 Å². The van der Waals surface area contributed by atoms with E-state index < -0.39 is 0 Å². The fraction of sp³-hybridized carbons (Fsp3) is 0.491. The molecule has 1 aromatic heterocycles. The van der Waals surface area contributed by atoms with Crippen LogP contribution < -0.4 is 47.3 Å². The van der Waals surface area contributed by atoms with Gasteiger partial charge in [-0.2, -0.15) is 11.8 Å². The van der Waals surface area contributed by atoms with Gasteiger partial charge in [0.15, 0.2) is 0 Å². The number of urea groups is 1. The summed E-state index contributed by atoms with van der Waals surface area (Å²) in [6.45, 7) is 6.02. The van der Waals surface area contributed by atoms with E-state index in [0.29, 0.717) is 135 Å². The smallest absolute Gasteiger partial charge is 0.315 e. The molecule has 0 bridgehead atoms. The van der Waals surface area contributed by atoms with Crippen LogP contribution in [-0.2, 0) is 40.0 Å². The minimum Gasteiger partial charge on any atom is -0.487 e. The van der Waals surface area contributed by atoms with E-state index >= 15 is 0 Å². The normalized spacial score (nSPS) is 15.5. The van der Waals surface area contributed by atoms with Crippen molar-refractivity contribution < 1.29 is 47.3 Å². The monoisotopic (exact) mass is 1150 g/mol. The Hall–Kier alpha value is -6.56. The number of thioether (sulfide) groups is 1. The van der Waals surface area contributed by atoms with Gasteiger partial charge in [-0.05, 0) is 113 Å². The maximum atomic E-state index is 13.5. The van der Waals surface area contributed by atoms with E-state index in [-0.39, 0.29) is 67.0 Å². The van der Waals surface area contributed by atoms with Crippen LogP contribution in [0.5, 0.6) is 5.75 Å². The Bertz CT molecular complexity index is 2610. The molecule has 0 saturated carbocycles. The molecule has 2 saturated heterocycles. The zero-order chi connectivity index (χ0) is 56.6. The fourth-order valence-electron chi connectivity index (χ4n) is 8.59. The van der Waals surface area contributed by atoms with E-state index in [1.807, 2.05) is 30.9 Å². The van der Waals surface area contributed by atoms with Crippen molar-refractivity contribution in [1.82, 2.24) is 41.5 Å². The summed E-state index contributed by atoms with van der Waals surface area (Å²) in [7, 11) is 1.97. The largest absolute Gasteiger partial charge is 0.487 e. The first kappa shape index (κ1) is 62.6. The molecule has 0 spiro atoms. The van der Waals surface area contributed by atoms with Crippen molar-refractivity contribution in [2.24, 2.45) is 0 Å². The zero-order valence-corrected chi connectivity index (χ0v) is 47.1. The summed E-state index contributed by atoms with van der Waals surface area (Å²) in [4.78, 5) is 71.7. The van der Waals surface area contributed by atoms with Crippen molar-refractivity contribution in [2.45, 2.75) is 94.6 Å². The molecular formula is C57H77ClFN11O9S. The highest BCUT2D eigenvalue weighted by Crippen LogP contribution is 2.33. The van der Waals surface area contributed by atoms with Gasteiger partial charge in [0.2, 0.25) is 23.6 Å². The summed E-state index contributed by atoms with van der Waals surface area (Å²) in [6, 6.07) is 20.8. The second-order valence-electron chi connectivity index (χ2n) is 19.4. The van der Waals surface area contributed by atoms with Gasteiger partial charge >= 0.3 is 6.03 Å². The second kappa shape index (κ2) is 35.9. The Morgan fingerprint density at radius 2 is 1.36 bits per heavy atom. The highest BCUT2D eigenvalue weighted by atomic mass is 35.5. The van der Waals surface area contributed by atoms with Gasteiger partial charge in [-0.15, -0.1) is 0 Å². The molecule has 0 unspecified atom stereocenters. The lowest BCUT2D eigenvalue weighted by molar-refractivity contribution is -0.123. The molecule has 0 aliphatic carbocycles. The number of aromatic nitrogens is 2. The molecule has 3 aromatic carbocycles. The van der Waals surface area contributed by atoms with E-state index in [2.05, 4.69) is 57.4 Å². The molecule has 80 heavy (non-hydrogen) atoms. The van der Waals surface area contributed by atoms with Crippen LogP contribution in [0.15, 0.2) is 91.3 Å². The summed E-state index contributed by atoms with van der Waals surface area (Å²) < 4.78 is 36.0. The van der Waals surface area contributed by atoms with Gasteiger partial charge in [-0.1, -0.05) is 42.3 Å². The fourth-order valence-corrected chi connectivity index (χ4v) is 10.4. The Labute approximate surface area is 477 Å². The Kier molecular flexibility index (Phi) is 28.1. The number of amides is 6. The Morgan fingerprint density at radius 3 is 2.05 bits per heavy atom. The van der Waals surface area contributed by atoms with Crippen LogP contribution in [0.2, 0.25) is 5.02 Å². The third-order valence-corrected chi connectivity index (χ3v) is 14.5. The number of carbonyl (C=O) groups excluding carboxylic acids is 5. The molecule has 3 heterocycles. The summed E-state index contributed by atoms with van der Waals surface area (Å²) in [5.74, 6) is 1.75. The third-order valence-electron chi connectivity index (χ3n) is 12.7. The van der Waals surface area contributed by atoms with Crippen molar-refractivity contribution >= 4 is 81.7 Å². The van der Waals surface area contributed by atoms with Gasteiger partial charge in [0.05, 0.1) is 43.5 Å². The predicted octanol–water partition coefficient (Wildman–Crippen LogP) is 7.62. The van der Waals surface area contributed by atoms with Crippen LogP contribution in [0, 0.1) is 5.82 Å². The number of likely N-dealkylation sites (N-methyl/N-ethyl adjacent to an activating group) is 1. The Balaban J connectivity index is 0.685. The van der Waals surface area contributed by atoms with Crippen LogP contribution in [0.1, 0.15) is 76.2 Å². The van der Waals surface area contributed by atoms with Gasteiger partial charge in [0.1, 0.15) is 36.1 Å². The average molecular weight is 1150 g/mol. The van der Waals surface area contributed by atoms with Gasteiger partial charge in [-0.25, -0.2) is 19.2 Å². The van der Waals surface area contributed by atoms with Crippen molar-refractivity contribution in [3.05, 3.63) is 108 Å². The molecule has 6 amide bonds. The first-order chi connectivity index (χ1) is 38.9. The maximum Gasteiger partial charge on any atom is 0.315 e. The molecule has 2 aliphatic rings. The highest BCUT2D eigenvalue weighted by Gasteiger charge is 2.42. The van der Waals surface area contributed by atoms with Crippen LogP contribution in [0.25, 0.3) is 0 Å². The number of benzene rings is 3. The second-order valence-corrected chi connectivity index (χ2v) is 21.0. The van der Waals surface area contributed by atoms with E-state index in [4.69, 9.17) is 30.5 Å². The molecule has 8 N–H and O–H groups in total. The lowest BCUT2D eigenvalue weighted by Gasteiger charge is -2.16. The SMILES string of the molecule is CN(CC=CC(=O)Nc1cccc(Nc2cc(Nc3ccc(OCc4cccc(F)c4)c(Cl)c3)ncn2)c1)CCCCNC(=O)CCCC(=O)NCCCOCCOCCOCCCNC(=O)CCCC[C@@H]1SC[C@@H]2NC(=O)N[C@@H]21. The Morgan fingerprint density at radius 1 is 0.725 bits per heavy atom. The van der Waals surface area contributed by atoms with Crippen molar-refractivity contribution in [3.8, 4) is 5.75 Å². The first-order valence-corrected chi connectivity index (χ1v) is 28.9. The molecule has 0 radical (unpaired) electrons. The molecule has 20 nitrogen and oxygen atoms in total. The molecule has 6 rings (SSSR count). The number of fused-ring (bicyclic) bond motifs is 1. The van der Waals surface area contributed by atoms with Crippen LogP contribution in [0.3, 0.4) is 0 Å². The number of ether oxygens (including phenoxy) is 4. The lowest BCUT2D eigenvalue weighted by Crippen LogP contribution is -2.36. The molecule has 4 aromatic rings. The van der Waals surface area contributed by atoms with E-state index in [9.17, 15) is 28.4 Å². The minimum absolute atomic E-state index is 0.0594. The number of hydrogen-bond donors (Lipinski definition) is 8. The molecule has 2 fully saturated rings. The number of nitrogens with zero attached hydrogens (tertiary/aromatic N) is 3. The number of halogens is 2. The minimum atomic E-state index is -0.333. The van der Waals surface area contributed by atoms with Crippen molar-refractivity contribution in [3.63, 3.8) is 0 Å². The standard InChI is InChI=1S/C57H77ClFN11O9S/c1-70(27-9-20-55(74)67-44-15-7-14-43(35-44)65-50-37-51(64-40-63-50)66-45-21-22-48(46(58)36-45)79-38-41-12-6-13-42(59)34-41)26-5-4-23-60-53(72)18-8-19-54(73)62-25-11-29-77-31-33-78-32-30-76-28-10-24-61-52(71)17-3-2-16-49-56-47(39-80-49)68-57(75)69-56/h6-7,9,12-15,20-22,34-37,40,47,49,56H,2-5,8,10-11,16-19,23-33,38-39H2,1H3,(H,60,72)(H,61,71)(H,62,73)(H,67,74)(H2,68,69,75)(H2,63,64,65,66)/t47-,49-,56-/m0/s1. The lowest BCUT2D eigenvalue weighted by atomic mass is 10.0. The third kappa shape index (κ3) is 24.8. The number of unbranched alkanes of at least 4 members (excludes halogenated alkanes) is 2. The summed E-state index contributed by atoms with van der Waals surface area (Å²) in [5, 5.41) is 24.9. The van der Waals surface area contributed by atoms with Gasteiger partial charge in [-0.3, -0.25) is 19.2 Å².